The first-order chi connectivity index (χ1) is 10.7. The Morgan fingerprint density at radius 3 is 2.68 bits per heavy atom. The van der Waals surface area contributed by atoms with E-state index in [-0.39, 0.29) is 17.2 Å². The molecule has 0 amide bonds. The highest BCUT2D eigenvalue weighted by Crippen LogP contribution is 2.08. The quantitative estimate of drug-likeness (QED) is 0.805. The van der Waals surface area contributed by atoms with Crippen molar-refractivity contribution in [3.8, 4) is 5.69 Å². The fraction of sp³-hybridized carbons (Fsp3) is 0.0588. The molecular weight excluding hydrogens is 281 g/mol. The van der Waals surface area contributed by atoms with Crippen molar-refractivity contribution in [2.45, 2.75) is 6.54 Å². The van der Waals surface area contributed by atoms with Gasteiger partial charge < -0.3 is 5.32 Å². The molecule has 4 nitrogen and oxygen atoms in total. The van der Waals surface area contributed by atoms with E-state index >= 15 is 0 Å². The molecule has 1 aromatic heterocycles. The molecule has 0 fully saturated rings. The van der Waals surface area contributed by atoms with Gasteiger partial charge in [-0.2, -0.15) is 0 Å². The molecule has 22 heavy (non-hydrogen) atoms. The van der Waals surface area contributed by atoms with Crippen molar-refractivity contribution in [3.63, 3.8) is 0 Å². The topological polar surface area (TPSA) is 46.9 Å². The SMILES string of the molecule is O=c1c(NCc2ccccc2)nccn1-c1cccc(F)c1. The summed E-state index contributed by atoms with van der Waals surface area (Å²) in [5.74, 6) is -0.157. The first-order valence-corrected chi connectivity index (χ1v) is 6.85. The summed E-state index contributed by atoms with van der Waals surface area (Å²) in [6, 6.07) is 15.6. The standard InChI is InChI=1S/C17H14FN3O/c18-14-7-4-8-15(11-14)21-10-9-19-16(17(21)22)20-12-13-5-2-1-3-6-13/h1-11H,12H2,(H,19,20). The fourth-order valence-corrected chi connectivity index (χ4v) is 2.14. The molecule has 0 radical (unpaired) electrons. The van der Waals surface area contributed by atoms with Crippen LogP contribution in [-0.4, -0.2) is 9.55 Å². The zero-order valence-corrected chi connectivity index (χ0v) is 11.7. The third-order valence-electron chi connectivity index (χ3n) is 3.23. The van der Waals surface area contributed by atoms with Crippen molar-refractivity contribution in [2.75, 3.05) is 5.32 Å². The predicted molar refractivity (Wildman–Crippen MR) is 83.6 cm³/mol. The van der Waals surface area contributed by atoms with Crippen LogP contribution in [0.1, 0.15) is 5.56 Å². The van der Waals surface area contributed by atoms with Gasteiger partial charge in [-0.25, -0.2) is 9.37 Å². The average Bonchev–Trinajstić information content (AvgIpc) is 2.55. The molecule has 0 aliphatic heterocycles. The number of aromatic nitrogens is 2. The Balaban J connectivity index is 1.88. The van der Waals surface area contributed by atoms with Crippen LogP contribution in [0.25, 0.3) is 5.69 Å². The van der Waals surface area contributed by atoms with Crippen LogP contribution < -0.4 is 10.9 Å². The summed E-state index contributed by atoms with van der Waals surface area (Å²) in [6.45, 7) is 0.496. The van der Waals surface area contributed by atoms with Crippen molar-refractivity contribution in [2.24, 2.45) is 0 Å². The molecule has 3 aromatic rings. The Kier molecular flexibility index (Phi) is 3.96. The lowest BCUT2D eigenvalue weighted by Gasteiger charge is -2.09. The molecule has 0 spiro atoms. The predicted octanol–water partition coefficient (Wildman–Crippen LogP) is 2.98. The maximum absolute atomic E-state index is 13.3. The van der Waals surface area contributed by atoms with Gasteiger partial charge in [0.15, 0.2) is 5.82 Å². The Morgan fingerprint density at radius 1 is 1.09 bits per heavy atom. The van der Waals surface area contributed by atoms with Crippen molar-refractivity contribution >= 4 is 5.82 Å². The Morgan fingerprint density at radius 2 is 1.91 bits per heavy atom. The summed E-state index contributed by atoms with van der Waals surface area (Å²) in [7, 11) is 0. The van der Waals surface area contributed by atoms with E-state index in [0.717, 1.165) is 5.56 Å². The van der Waals surface area contributed by atoms with Crippen LogP contribution in [0.3, 0.4) is 0 Å². The van der Waals surface area contributed by atoms with E-state index in [1.54, 1.807) is 12.1 Å². The Labute approximate surface area is 126 Å². The van der Waals surface area contributed by atoms with Gasteiger partial charge in [0.2, 0.25) is 0 Å². The summed E-state index contributed by atoms with van der Waals surface area (Å²) in [4.78, 5) is 16.5. The number of nitrogens with one attached hydrogen (secondary N) is 1. The summed E-state index contributed by atoms with van der Waals surface area (Å²) >= 11 is 0. The minimum absolute atomic E-state index is 0.232. The second-order valence-corrected chi connectivity index (χ2v) is 4.77. The number of nitrogens with zero attached hydrogens (tertiary/aromatic N) is 2. The van der Waals surface area contributed by atoms with Gasteiger partial charge in [-0.15, -0.1) is 0 Å². The van der Waals surface area contributed by atoms with Gasteiger partial charge >= 0.3 is 0 Å². The highest BCUT2D eigenvalue weighted by Gasteiger charge is 2.06. The van der Waals surface area contributed by atoms with Crippen LogP contribution in [0, 0.1) is 5.82 Å². The first-order valence-electron chi connectivity index (χ1n) is 6.85. The van der Waals surface area contributed by atoms with Crippen LogP contribution in [0.2, 0.25) is 0 Å². The zero-order chi connectivity index (χ0) is 15.4. The number of hydrogen-bond acceptors (Lipinski definition) is 3. The molecule has 3 rings (SSSR count). The lowest BCUT2D eigenvalue weighted by Crippen LogP contribution is -2.23. The van der Waals surface area contributed by atoms with Crippen molar-refractivity contribution in [1.29, 1.82) is 0 Å². The van der Waals surface area contributed by atoms with Gasteiger partial charge in [-0.1, -0.05) is 36.4 Å². The van der Waals surface area contributed by atoms with Crippen molar-refractivity contribution in [1.82, 2.24) is 9.55 Å². The van der Waals surface area contributed by atoms with Crippen molar-refractivity contribution in [3.05, 3.63) is 88.7 Å². The maximum Gasteiger partial charge on any atom is 0.297 e. The second-order valence-electron chi connectivity index (χ2n) is 4.77. The second kappa shape index (κ2) is 6.22. The zero-order valence-electron chi connectivity index (χ0n) is 11.7. The third-order valence-corrected chi connectivity index (χ3v) is 3.23. The number of hydrogen-bond donors (Lipinski definition) is 1. The Hall–Kier alpha value is -2.95. The molecule has 0 aliphatic rings. The van der Waals surface area contributed by atoms with E-state index in [2.05, 4.69) is 10.3 Å². The van der Waals surface area contributed by atoms with E-state index in [1.807, 2.05) is 30.3 Å². The molecule has 2 aromatic carbocycles. The molecular formula is C17H14FN3O. The fourth-order valence-electron chi connectivity index (χ4n) is 2.14. The normalized spacial score (nSPS) is 10.4. The molecule has 0 saturated carbocycles. The highest BCUT2D eigenvalue weighted by atomic mass is 19.1. The van der Waals surface area contributed by atoms with E-state index < -0.39 is 0 Å². The highest BCUT2D eigenvalue weighted by molar-refractivity contribution is 5.39. The van der Waals surface area contributed by atoms with Gasteiger partial charge in [0, 0.05) is 18.9 Å². The molecule has 0 unspecified atom stereocenters. The number of benzene rings is 2. The number of rotatable bonds is 4. The van der Waals surface area contributed by atoms with Crippen LogP contribution in [0.4, 0.5) is 10.2 Å². The van der Waals surface area contributed by atoms with Crippen LogP contribution >= 0.6 is 0 Å². The molecule has 0 bridgehead atoms. The molecule has 0 aliphatic carbocycles. The Bertz CT molecular complexity index is 831. The minimum Gasteiger partial charge on any atom is -0.361 e. The van der Waals surface area contributed by atoms with E-state index in [9.17, 15) is 9.18 Å². The molecule has 5 heteroatoms. The van der Waals surface area contributed by atoms with Gasteiger partial charge in [0.25, 0.3) is 5.56 Å². The summed E-state index contributed by atoms with van der Waals surface area (Å²) in [5.41, 5.74) is 1.20. The van der Waals surface area contributed by atoms with Gasteiger partial charge in [0.1, 0.15) is 5.82 Å². The van der Waals surface area contributed by atoms with Crippen molar-refractivity contribution < 1.29 is 4.39 Å². The van der Waals surface area contributed by atoms with Gasteiger partial charge in [0.05, 0.1) is 5.69 Å². The van der Waals surface area contributed by atoms with Crippen LogP contribution in [0.5, 0.6) is 0 Å². The van der Waals surface area contributed by atoms with E-state index in [1.165, 1.54) is 29.1 Å². The molecule has 110 valence electrons. The summed E-state index contributed by atoms with van der Waals surface area (Å²) in [5, 5.41) is 3.02. The van der Waals surface area contributed by atoms with Gasteiger partial charge in [-0.05, 0) is 23.8 Å². The summed E-state index contributed by atoms with van der Waals surface area (Å²) < 4.78 is 14.7. The molecule has 0 saturated heterocycles. The first kappa shape index (κ1) is 14.0. The largest absolute Gasteiger partial charge is 0.361 e. The maximum atomic E-state index is 13.3. The molecule has 1 heterocycles. The van der Waals surface area contributed by atoms with Gasteiger partial charge in [-0.3, -0.25) is 9.36 Å². The summed E-state index contributed by atoms with van der Waals surface area (Å²) in [6.07, 6.45) is 3.03. The van der Waals surface area contributed by atoms with Crippen LogP contribution in [-0.2, 0) is 6.54 Å². The van der Waals surface area contributed by atoms with E-state index in [4.69, 9.17) is 0 Å². The lowest BCUT2D eigenvalue weighted by atomic mass is 10.2. The minimum atomic E-state index is -0.389. The average molecular weight is 295 g/mol. The monoisotopic (exact) mass is 295 g/mol. The van der Waals surface area contributed by atoms with E-state index in [0.29, 0.717) is 12.2 Å². The molecule has 1 N–H and O–H groups in total. The number of anilines is 1. The molecule has 0 atom stereocenters. The third kappa shape index (κ3) is 3.03. The van der Waals surface area contributed by atoms with Crippen LogP contribution in [0.15, 0.2) is 71.8 Å². The lowest BCUT2D eigenvalue weighted by molar-refractivity contribution is 0.626. The number of halogens is 1. The smallest absolute Gasteiger partial charge is 0.297 e.